The second-order valence-electron chi connectivity index (χ2n) is 3.38. The van der Waals surface area contributed by atoms with Gasteiger partial charge in [0.05, 0.1) is 0 Å². The molecule has 0 spiro atoms. The lowest BCUT2D eigenvalue weighted by molar-refractivity contribution is 0.390. The van der Waals surface area contributed by atoms with Gasteiger partial charge in [-0.25, -0.2) is 0 Å². The molecule has 1 aliphatic rings. The van der Waals surface area contributed by atoms with Gasteiger partial charge in [-0.2, -0.15) is 23.5 Å². The summed E-state index contributed by atoms with van der Waals surface area (Å²) < 4.78 is 0. The molecule has 0 N–H and O–H groups in total. The lowest BCUT2D eigenvalue weighted by Crippen LogP contribution is -2.25. The van der Waals surface area contributed by atoms with Gasteiger partial charge in [0.15, 0.2) is 0 Å². The number of hydrogen-bond donors (Lipinski definition) is 0. The fraction of sp³-hybridized carbons (Fsp3) is 1.00. The molecule has 10 heavy (non-hydrogen) atoms. The van der Waals surface area contributed by atoms with Crippen LogP contribution in [0.4, 0.5) is 0 Å². The number of rotatable bonds is 2. The van der Waals surface area contributed by atoms with Gasteiger partial charge in [0, 0.05) is 16.6 Å². The molecule has 0 aromatic rings. The Balaban J connectivity index is 2.32. The molecule has 1 saturated heterocycles. The minimum atomic E-state index is 0.655. The average Bonchev–Trinajstić information content (AvgIpc) is 1.89. The van der Waals surface area contributed by atoms with E-state index >= 15 is 0 Å². The zero-order valence-corrected chi connectivity index (χ0v) is 8.49. The standard InChI is InChI=1S/C8H16S2/c1-3-4-8(2)5-9-7-10-6-8/h3-7H2,1-2H3. The van der Waals surface area contributed by atoms with E-state index in [-0.39, 0.29) is 0 Å². The Kier molecular flexibility index (Phi) is 3.44. The summed E-state index contributed by atoms with van der Waals surface area (Å²) in [5, 5.41) is 1.32. The van der Waals surface area contributed by atoms with Crippen LogP contribution in [0.25, 0.3) is 0 Å². The van der Waals surface area contributed by atoms with Gasteiger partial charge in [0.25, 0.3) is 0 Å². The van der Waals surface area contributed by atoms with Crippen molar-refractivity contribution < 1.29 is 0 Å². The van der Waals surface area contributed by atoms with Gasteiger partial charge >= 0.3 is 0 Å². The first-order valence-corrected chi connectivity index (χ1v) is 6.23. The van der Waals surface area contributed by atoms with Gasteiger partial charge in [0.1, 0.15) is 0 Å². The first kappa shape index (κ1) is 8.79. The van der Waals surface area contributed by atoms with Crippen molar-refractivity contribution in [2.75, 3.05) is 16.6 Å². The van der Waals surface area contributed by atoms with E-state index in [4.69, 9.17) is 0 Å². The molecule has 0 bridgehead atoms. The number of thioether (sulfide) groups is 2. The quantitative estimate of drug-likeness (QED) is 0.633. The van der Waals surface area contributed by atoms with Crippen LogP contribution in [0.2, 0.25) is 0 Å². The third-order valence-corrected chi connectivity index (χ3v) is 5.06. The van der Waals surface area contributed by atoms with Crippen LogP contribution in [0.5, 0.6) is 0 Å². The van der Waals surface area contributed by atoms with Crippen molar-refractivity contribution in [3.63, 3.8) is 0 Å². The molecule has 0 atom stereocenters. The molecular weight excluding hydrogens is 160 g/mol. The average molecular weight is 176 g/mol. The second-order valence-corrected chi connectivity index (χ2v) is 5.71. The van der Waals surface area contributed by atoms with Crippen LogP contribution in [0.3, 0.4) is 0 Å². The normalized spacial score (nSPS) is 24.6. The van der Waals surface area contributed by atoms with Crippen LogP contribution in [0, 0.1) is 5.41 Å². The summed E-state index contributed by atoms with van der Waals surface area (Å²) in [4.78, 5) is 0. The molecule has 0 unspecified atom stereocenters. The van der Waals surface area contributed by atoms with E-state index in [9.17, 15) is 0 Å². The van der Waals surface area contributed by atoms with Gasteiger partial charge in [-0.3, -0.25) is 0 Å². The van der Waals surface area contributed by atoms with Gasteiger partial charge in [0.2, 0.25) is 0 Å². The Bertz CT molecular complexity index is 89.9. The molecule has 60 valence electrons. The van der Waals surface area contributed by atoms with E-state index in [1.807, 2.05) is 0 Å². The van der Waals surface area contributed by atoms with Crippen molar-refractivity contribution in [2.24, 2.45) is 5.41 Å². The van der Waals surface area contributed by atoms with Crippen LogP contribution in [-0.2, 0) is 0 Å². The lowest BCUT2D eigenvalue weighted by Gasteiger charge is -2.32. The van der Waals surface area contributed by atoms with E-state index in [1.165, 1.54) is 29.4 Å². The molecule has 0 aliphatic carbocycles. The van der Waals surface area contributed by atoms with Gasteiger partial charge in [-0.05, 0) is 11.8 Å². The molecule has 0 aromatic carbocycles. The monoisotopic (exact) mass is 176 g/mol. The first-order valence-electron chi connectivity index (χ1n) is 3.92. The van der Waals surface area contributed by atoms with E-state index in [0.29, 0.717) is 5.41 Å². The van der Waals surface area contributed by atoms with E-state index in [2.05, 4.69) is 37.4 Å². The third kappa shape index (κ3) is 2.39. The van der Waals surface area contributed by atoms with E-state index in [1.54, 1.807) is 0 Å². The Morgan fingerprint density at radius 2 is 1.90 bits per heavy atom. The Morgan fingerprint density at radius 1 is 1.30 bits per heavy atom. The van der Waals surface area contributed by atoms with Gasteiger partial charge < -0.3 is 0 Å². The van der Waals surface area contributed by atoms with Crippen molar-refractivity contribution in [2.45, 2.75) is 26.7 Å². The summed E-state index contributed by atoms with van der Waals surface area (Å²) in [6.07, 6.45) is 2.75. The molecule has 2 heteroatoms. The topological polar surface area (TPSA) is 0 Å². The van der Waals surface area contributed by atoms with Crippen molar-refractivity contribution in [1.82, 2.24) is 0 Å². The number of hydrogen-bond acceptors (Lipinski definition) is 2. The van der Waals surface area contributed by atoms with Crippen LogP contribution in [0.1, 0.15) is 26.7 Å². The SMILES string of the molecule is CCCC1(C)CSCSC1. The minimum absolute atomic E-state index is 0.655. The molecule has 1 rings (SSSR count). The molecule has 0 amide bonds. The predicted octanol–water partition coefficient (Wildman–Crippen LogP) is 3.23. The Hall–Kier alpha value is 0.700. The second kappa shape index (κ2) is 3.91. The van der Waals surface area contributed by atoms with Crippen molar-refractivity contribution in [1.29, 1.82) is 0 Å². The zero-order valence-electron chi connectivity index (χ0n) is 6.85. The van der Waals surface area contributed by atoms with Crippen LogP contribution in [0.15, 0.2) is 0 Å². The summed E-state index contributed by atoms with van der Waals surface area (Å²) in [5.74, 6) is 2.77. The van der Waals surface area contributed by atoms with Crippen LogP contribution in [-0.4, -0.2) is 16.6 Å². The highest BCUT2D eigenvalue weighted by Crippen LogP contribution is 2.38. The van der Waals surface area contributed by atoms with Crippen molar-refractivity contribution in [3.8, 4) is 0 Å². The maximum atomic E-state index is 2.43. The summed E-state index contributed by atoms with van der Waals surface area (Å²) in [6, 6.07) is 0. The third-order valence-electron chi connectivity index (χ3n) is 1.92. The summed E-state index contributed by atoms with van der Waals surface area (Å²) >= 11 is 4.21. The van der Waals surface area contributed by atoms with Crippen LogP contribution < -0.4 is 0 Å². The zero-order chi connectivity index (χ0) is 7.45. The molecule has 0 aromatic heterocycles. The summed E-state index contributed by atoms with van der Waals surface area (Å²) in [7, 11) is 0. The van der Waals surface area contributed by atoms with E-state index < -0.39 is 0 Å². The van der Waals surface area contributed by atoms with Gasteiger partial charge in [-0.15, -0.1) is 0 Å². The Morgan fingerprint density at radius 3 is 2.40 bits per heavy atom. The molecule has 0 radical (unpaired) electrons. The Labute approximate surface area is 72.5 Å². The fourth-order valence-electron chi connectivity index (χ4n) is 1.42. The molecule has 0 nitrogen and oxygen atoms in total. The van der Waals surface area contributed by atoms with Crippen molar-refractivity contribution >= 4 is 23.5 Å². The summed E-state index contributed by atoms with van der Waals surface area (Å²) in [5.41, 5.74) is 0.655. The minimum Gasteiger partial charge on any atom is -0.150 e. The molecule has 1 aliphatic heterocycles. The van der Waals surface area contributed by atoms with Crippen molar-refractivity contribution in [3.05, 3.63) is 0 Å². The molecular formula is C8H16S2. The molecule has 0 saturated carbocycles. The fourth-order valence-corrected chi connectivity index (χ4v) is 4.17. The predicted molar refractivity (Wildman–Crippen MR) is 52.8 cm³/mol. The lowest BCUT2D eigenvalue weighted by atomic mass is 9.90. The maximum absolute atomic E-state index is 2.43. The summed E-state index contributed by atoms with van der Waals surface area (Å²) in [6.45, 7) is 4.71. The van der Waals surface area contributed by atoms with Gasteiger partial charge in [-0.1, -0.05) is 20.3 Å². The van der Waals surface area contributed by atoms with E-state index in [0.717, 1.165) is 0 Å². The molecule has 1 heterocycles. The molecule has 1 fully saturated rings. The maximum Gasteiger partial charge on any atom is 0.0392 e. The smallest absolute Gasteiger partial charge is 0.0392 e. The highest BCUT2D eigenvalue weighted by Gasteiger charge is 2.26. The van der Waals surface area contributed by atoms with Crippen LogP contribution >= 0.6 is 23.5 Å². The largest absolute Gasteiger partial charge is 0.150 e. The highest BCUT2D eigenvalue weighted by molar-refractivity contribution is 8.16. The highest BCUT2D eigenvalue weighted by atomic mass is 32.2. The first-order chi connectivity index (χ1) is 4.77.